The quantitative estimate of drug-likeness (QED) is 0.701. The molecule has 2 aromatic rings. The van der Waals surface area contributed by atoms with Crippen molar-refractivity contribution in [1.82, 2.24) is 4.90 Å². The molecule has 3 nitrogen and oxygen atoms in total. The van der Waals surface area contributed by atoms with Crippen LogP contribution in [0.25, 0.3) is 0 Å². The van der Waals surface area contributed by atoms with Crippen LogP contribution in [-0.2, 0) is 23.7 Å². The Balaban J connectivity index is 1.81. The molecule has 0 radical (unpaired) electrons. The zero-order valence-electron chi connectivity index (χ0n) is 14.7. The minimum atomic E-state index is -2.87. The molecule has 136 valence electrons. The van der Waals surface area contributed by atoms with Crippen LogP contribution in [0.2, 0.25) is 0 Å². The Labute approximate surface area is 151 Å². The Morgan fingerprint density at radius 3 is 2.73 bits per heavy atom. The van der Waals surface area contributed by atoms with E-state index in [0.29, 0.717) is 24.6 Å². The molecule has 3 rings (SSSR count). The number of carbonyl (C=O) groups excluding carboxylic acids is 1. The Bertz CT molecular complexity index is 833. The predicted molar refractivity (Wildman–Crippen MR) is 96.5 cm³/mol. The van der Waals surface area contributed by atoms with Crippen molar-refractivity contribution in [3.8, 4) is 11.5 Å². The number of alkyl halides is 2. The van der Waals surface area contributed by atoms with Crippen molar-refractivity contribution in [2.45, 2.75) is 32.2 Å². The highest BCUT2D eigenvalue weighted by Crippen LogP contribution is 2.34. The number of nitrogens with zero attached hydrogens (tertiary/aromatic N) is 1. The zero-order chi connectivity index (χ0) is 18.7. The minimum Gasteiger partial charge on any atom is -0.457 e. The Morgan fingerprint density at radius 2 is 2.00 bits per heavy atom. The van der Waals surface area contributed by atoms with Crippen molar-refractivity contribution in [2.24, 2.45) is 0 Å². The molecule has 0 saturated carbocycles. The first-order valence-electron chi connectivity index (χ1n) is 8.62. The van der Waals surface area contributed by atoms with E-state index in [2.05, 4.69) is 6.58 Å². The number of amides is 1. The number of hydrogen-bond donors (Lipinski definition) is 0. The third kappa shape index (κ3) is 3.77. The fourth-order valence-corrected chi connectivity index (χ4v) is 3.04. The lowest BCUT2D eigenvalue weighted by Gasteiger charge is -2.28. The second-order valence-corrected chi connectivity index (χ2v) is 6.33. The number of hydrogen-bond acceptors (Lipinski definition) is 2. The van der Waals surface area contributed by atoms with Crippen LogP contribution < -0.4 is 4.74 Å². The average molecular weight is 357 g/mol. The lowest BCUT2D eigenvalue weighted by atomic mass is 9.99. The third-order valence-corrected chi connectivity index (χ3v) is 4.61. The Hall–Kier alpha value is -2.69. The van der Waals surface area contributed by atoms with Gasteiger partial charge in [-0.15, -0.1) is 0 Å². The van der Waals surface area contributed by atoms with Crippen LogP contribution in [0.3, 0.4) is 0 Å². The maximum atomic E-state index is 13.9. The summed E-state index contributed by atoms with van der Waals surface area (Å²) >= 11 is 0. The average Bonchev–Trinajstić information content (AvgIpc) is 2.67. The van der Waals surface area contributed by atoms with Gasteiger partial charge in [0.05, 0.1) is 0 Å². The Morgan fingerprint density at radius 1 is 1.23 bits per heavy atom. The molecule has 0 aromatic heterocycles. The first-order valence-corrected chi connectivity index (χ1v) is 8.62. The molecule has 26 heavy (non-hydrogen) atoms. The van der Waals surface area contributed by atoms with Gasteiger partial charge in [0.25, 0.3) is 5.92 Å². The molecule has 0 fully saturated rings. The smallest absolute Gasteiger partial charge is 0.273 e. The second kappa shape index (κ2) is 7.28. The fourth-order valence-electron chi connectivity index (χ4n) is 3.04. The van der Waals surface area contributed by atoms with Crippen molar-refractivity contribution >= 4 is 5.91 Å². The van der Waals surface area contributed by atoms with Gasteiger partial charge >= 0.3 is 0 Å². The number of ether oxygens (including phenoxy) is 1. The molecule has 0 saturated heterocycles. The molecule has 0 N–H and O–H groups in total. The summed E-state index contributed by atoms with van der Waals surface area (Å²) in [4.78, 5) is 13.5. The normalized spacial score (nSPS) is 13.9. The molecule has 1 aliphatic rings. The molecular formula is C21H21F2NO2. The SMILES string of the molecule is C=CC(=O)N1CCc2ccc(Oc3cccc(C(F)(F)CC)c3)cc2C1. The summed E-state index contributed by atoms with van der Waals surface area (Å²) in [5.41, 5.74) is 2.11. The summed E-state index contributed by atoms with van der Waals surface area (Å²) in [7, 11) is 0. The number of halogens is 2. The van der Waals surface area contributed by atoms with Crippen molar-refractivity contribution in [3.63, 3.8) is 0 Å². The standard InChI is InChI=1S/C21H21F2NO2/c1-3-20(25)24-11-10-15-8-9-19(12-16(15)14-24)26-18-7-5-6-17(13-18)21(22,23)4-2/h3,5-9,12-13H,1,4,10-11,14H2,2H3. The van der Waals surface area contributed by atoms with E-state index in [9.17, 15) is 13.6 Å². The highest BCUT2D eigenvalue weighted by Gasteiger charge is 2.29. The van der Waals surface area contributed by atoms with E-state index in [4.69, 9.17) is 4.74 Å². The van der Waals surface area contributed by atoms with E-state index >= 15 is 0 Å². The number of rotatable bonds is 5. The van der Waals surface area contributed by atoms with Gasteiger partial charge in [-0.25, -0.2) is 8.78 Å². The van der Waals surface area contributed by atoms with Gasteiger partial charge in [0.1, 0.15) is 11.5 Å². The highest BCUT2D eigenvalue weighted by atomic mass is 19.3. The van der Waals surface area contributed by atoms with Gasteiger partial charge in [-0.05, 0) is 47.9 Å². The van der Waals surface area contributed by atoms with E-state index in [1.165, 1.54) is 25.1 Å². The van der Waals surface area contributed by atoms with Gasteiger partial charge in [0.15, 0.2) is 0 Å². The van der Waals surface area contributed by atoms with Gasteiger partial charge in [-0.1, -0.05) is 31.7 Å². The molecule has 1 amide bonds. The summed E-state index contributed by atoms with van der Waals surface area (Å²) in [6.45, 7) is 6.13. The highest BCUT2D eigenvalue weighted by molar-refractivity contribution is 5.87. The van der Waals surface area contributed by atoms with Crippen molar-refractivity contribution in [1.29, 1.82) is 0 Å². The molecule has 2 aromatic carbocycles. The maximum Gasteiger partial charge on any atom is 0.273 e. The van der Waals surface area contributed by atoms with Crippen LogP contribution in [0.1, 0.15) is 30.0 Å². The lowest BCUT2D eigenvalue weighted by Crippen LogP contribution is -2.34. The second-order valence-electron chi connectivity index (χ2n) is 6.33. The first kappa shape index (κ1) is 18.1. The van der Waals surface area contributed by atoms with Crippen LogP contribution >= 0.6 is 0 Å². The topological polar surface area (TPSA) is 29.5 Å². The van der Waals surface area contributed by atoms with Crippen molar-refractivity contribution in [2.75, 3.05) is 6.54 Å². The van der Waals surface area contributed by atoms with E-state index in [1.807, 2.05) is 18.2 Å². The van der Waals surface area contributed by atoms with Gasteiger partial charge < -0.3 is 9.64 Å². The van der Waals surface area contributed by atoms with Crippen LogP contribution in [-0.4, -0.2) is 17.4 Å². The van der Waals surface area contributed by atoms with E-state index in [-0.39, 0.29) is 17.9 Å². The van der Waals surface area contributed by atoms with E-state index in [0.717, 1.165) is 17.5 Å². The minimum absolute atomic E-state index is 0.0572. The van der Waals surface area contributed by atoms with Gasteiger partial charge in [0.2, 0.25) is 5.91 Å². The largest absolute Gasteiger partial charge is 0.457 e. The molecule has 0 unspecified atom stereocenters. The molecule has 0 aliphatic carbocycles. The van der Waals surface area contributed by atoms with Crippen molar-refractivity contribution in [3.05, 3.63) is 71.8 Å². The zero-order valence-corrected chi connectivity index (χ0v) is 14.7. The van der Waals surface area contributed by atoms with Gasteiger partial charge in [-0.3, -0.25) is 4.79 Å². The van der Waals surface area contributed by atoms with E-state index < -0.39 is 5.92 Å². The van der Waals surface area contributed by atoms with Gasteiger partial charge in [0, 0.05) is 25.1 Å². The van der Waals surface area contributed by atoms with Crippen LogP contribution in [0, 0.1) is 0 Å². The molecule has 1 aliphatic heterocycles. The molecule has 5 heteroatoms. The summed E-state index contributed by atoms with van der Waals surface area (Å²) in [5, 5.41) is 0. The van der Waals surface area contributed by atoms with Crippen molar-refractivity contribution < 1.29 is 18.3 Å². The van der Waals surface area contributed by atoms with Crippen LogP contribution in [0.15, 0.2) is 55.1 Å². The number of benzene rings is 2. The maximum absolute atomic E-state index is 13.9. The number of fused-ring (bicyclic) bond motifs is 1. The summed E-state index contributed by atoms with van der Waals surface area (Å²) < 4.78 is 33.6. The summed E-state index contributed by atoms with van der Waals surface area (Å²) in [6.07, 6.45) is 1.82. The number of carbonyl (C=O) groups is 1. The summed E-state index contributed by atoms with van der Waals surface area (Å²) in [6, 6.07) is 11.7. The molecule has 0 atom stereocenters. The summed E-state index contributed by atoms with van der Waals surface area (Å²) in [5.74, 6) is -2.05. The Kier molecular flexibility index (Phi) is 5.07. The van der Waals surface area contributed by atoms with Crippen LogP contribution in [0.5, 0.6) is 11.5 Å². The molecule has 1 heterocycles. The molecule has 0 spiro atoms. The van der Waals surface area contributed by atoms with Gasteiger partial charge in [-0.2, -0.15) is 0 Å². The first-order chi connectivity index (χ1) is 12.4. The monoisotopic (exact) mass is 357 g/mol. The van der Waals surface area contributed by atoms with E-state index in [1.54, 1.807) is 17.0 Å². The lowest BCUT2D eigenvalue weighted by molar-refractivity contribution is -0.126. The van der Waals surface area contributed by atoms with Crippen LogP contribution in [0.4, 0.5) is 8.78 Å². The fraction of sp³-hybridized carbons (Fsp3) is 0.286. The molecule has 0 bridgehead atoms. The molecular weight excluding hydrogens is 336 g/mol. The third-order valence-electron chi connectivity index (χ3n) is 4.61. The predicted octanol–water partition coefficient (Wildman–Crippen LogP) is 5.05.